The first kappa shape index (κ1) is 67.2. The maximum atomic E-state index is 14.3. The lowest BCUT2D eigenvalue weighted by molar-refractivity contribution is -0.143. The molecule has 21 N–H and O–H groups in total. The fourth-order valence-electron chi connectivity index (χ4n) is 7.42. The summed E-state index contributed by atoms with van der Waals surface area (Å²) >= 11 is 0. The number of hydrogen-bond acceptors (Lipinski definition) is 16. The Kier molecular flexibility index (Phi) is 27.5. The normalized spacial score (nSPS) is 14.8. The van der Waals surface area contributed by atoms with Gasteiger partial charge in [-0.2, -0.15) is 0 Å². The van der Waals surface area contributed by atoms with E-state index in [4.69, 9.17) is 22.9 Å². The number of H-pyrrole nitrogens is 1. The molecule has 0 bridgehead atoms. The van der Waals surface area contributed by atoms with Crippen LogP contribution in [0.2, 0.25) is 0 Å². The quantitative estimate of drug-likeness (QED) is 0.0177. The number of carbonyl (C=O) groups excluding carboxylic acids is 10. The minimum Gasteiger partial charge on any atom is -0.508 e. The Morgan fingerprint density at radius 3 is 1.56 bits per heavy atom. The zero-order valence-corrected chi connectivity index (χ0v) is 45.5. The molecular weight excluding hydrogens is 1050 g/mol. The average molecular weight is 1130 g/mol. The van der Waals surface area contributed by atoms with Gasteiger partial charge in [-0.3, -0.25) is 57.7 Å². The summed E-state index contributed by atoms with van der Waals surface area (Å²) < 4.78 is 0. The number of phenols is 1. The number of aromatic amines is 1. The average Bonchev–Trinajstić information content (AvgIpc) is 3.88. The van der Waals surface area contributed by atoms with Crippen molar-refractivity contribution in [3.05, 3.63) is 48.0 Å². The molecule has 0 aliphatic carbocycles. The zero-order chi connectivity index (χ0) is 60.6. The molecule has 0 radical (unpaired) electrons. The number of hydrogen-bond donors (Lipinski definition) is 17. The number of rotatable bonds is 34. The van der Waals surface area contributed by atoms with E-state index in [1.54, 1.807) is 39.8 Å². The summed E-state index contributed by atoms with van der Waals surface area (Å²) in [6.45, 7) is 10.3. The lowest BCUT2D eigenvalue weighted by Gasteiger charge is -2.28. The van der Waals surface area contributed by atoms with Crippen molar-refractivity contribution in [2.75, 3.05) is 6.54 Å². The second-order valence-corrected chi connectivity index (χ2v) is 19.7. The number of aromatic hydroxyl groups is 1. The second kappa shape index (κ2) is 32.7. The van der Waals surface area contributed by atoms with E-state index < -0.39 is 150 Å². The highest BCUT2D eigenvalue weighted by Crippen LogP contribution is 2.13. The van der Waals surface area contributed by atoms with Crippen molar-refractivity contribution in [3.8, 4) is 5.75 Å². The van der Waals surface area contributed by atoms with Gasteiger partial charge in [0, 0.05) is 24.9 Å². The number of carbonyl (C=O) groups is 12. The number of imidazole rings is 1. The van der Waals surface area contributed by atoms with Gasteiger partial charge in [0.2, 0.25) is 59.1 Å². The molecule has 0 saturated heterocycles. The SMILES string of the molecule is CC(C)C[C@H](NC(=O)[C@H](CC(=O)O)NC(=O)[C@H](CCCN=C(N)N)NC(=O)[C@H](Cc1cnc[nH]1)NC(=O)[C@@H](NC(=O)[C@@H](N)Cc1ccc(O)cc1)C(C)C)C(=O)N[C@@H](C)C(=O)N[C@@H](C)C(=O)N[C@@H](C)C(=O)N[C@@H](CC(N)=O)C(=O)O. The minimum atomic E-state index is -1.89. The van der Waals surface area contributed by atoms with E-state index in [1.807, 2.05) is 0 Å². The molecule has 0 fully saturated rings. The summed E-state index contributed by atoms with van der Waals surface area (Å²) in [5.41, 5.74) is 23.2. The van der Waals surface area contributed by atoms with Crippen molar-refractivity contribution < 1.29 is 72.9 Å². The smallest absolute Gasteiger partial charge is 0.326 e. The molecule has 2 aromatic rings. The molecule has 1 aromatic heterocycles. The predicted octanol–water partition coefficient (Wildman–Crippen LogP) is -5.16. The van der Waals surface area contributed by atoms with Gasteiger partial charge < -0.3 is 91.1 Å². The Morgan fingerprint density at radius 1 is 0.575 bits per heavy atom. The fourth-order valence-corrected chi connectivity index (χ4v) is 7.42. The Hall–Kier alpha value is -8.90. The Labute approximate surface area is 460 Å². The molecule has 0 spiro atoms. The molecule has 10 atom stereocenters. The molecule has 80 heavy (non-hydrogen) atoms. The molecule has 2 rings (SSSR count). The van der Waals surface area contributed by atoms with Gasteiger partial charge in [0.25, 0.3) is 0 Å². The minimum absolute atomic E-state index is 0.0106. The third kappa shape index (κ3) is 24.2. The first-order chi connectivity index (χ1) is 37.4. The summed E-state index contributed by atoms with van der Waals surface area (Å²) in [6, 6.07) is -8.45. The highest BCUT2D eigenvalue weighted by Gasteiger charge is 2.36. The second-order valence-electron chi connectivity index (χ2n) is 19.7. The van der Waals surface area contributed by atoms with E-state index in [9.17, 15) is 72.9 Å². The number of nitrogens with two attached hydrogens (primary N) is 4. The Morgan fingerprint density at radius 2 is 1.06 bits per heavy atom. The van der Waals surface area contributed by atoms with Crippen LogP contribution in [-0.2, 0) is 70.4 Å². The van der Waals surface area contributed by atoms with Crippen LogP contribution < -0.4 is 70.8 Å². The van der Waals surface area contributed by atoms with Crippen molar-refractivity contribution >= 4 is 77.0 Å². The topological polar surface area (TPSA) is 519 Å². The monoisotopic (exact) mass is 1130 g/mol. The molecule has 0 aliphatic heterocycles. The zero-order valence-electron chi connectivity index (χ0n) is 45.5. The summed E-state index contributed by atoms with van der Waals surface area (Å²) in [6.07, 6.45) is 0.503. The maximum absolute atomic E-state index is 14.3. The van der Waals surface area contributed by atoms with Crippen molar-refractivity contribution in [2.24, 2.45) is 39.8 Å². The number of nitrogens with zero attached hydrogens (tertiary/aromatic N) is 2. The molecule has 31 heteroatoms. The first-order valence-electron chi connectivity index (χ1n) is 25.4. The molecule has 10 amide bonds. The fraction of sp³-hybridized carbons (Fsp3) is 0.551. The molecule has 0 unspecified atom stereocenters. The van der Waals surface area contributed by atoms with Crippen LogP contribution in [0.3, 0.4) is 0 Å². The number of nitrogens with one attached hydrogen (secondary N) is 10. The highest BCUT2D eigenvalue weighted by molar-refractivity contribution is 5.99. The van der Waals surface area contributed by atoms with Gasteiger partial charge in [0.05, 0.1) is 25.2 Å². The van der Waals surface area contributed by atoms with E-state index in [0.29, 0.717) is 11.3 Å². The molecule has 1 heterocycles. The third-order valence-electron chi connectivity index (χ3n) is 11.8. The molecular formula is C49H76N16O15. The predicted molar refractivity (Wildman–Crippen MR) is 284 cm³/mol. The van der Waals surface area contributed by atoms with Crippen LogP contribution in [0.1, 0.15) is 91.8 Å². The van der Waals surface area contributed by atoms with Crippen LogP contribution in [0.5, 0.6) is 5.75 Å². The number of phenolic OH excluding ortho intramolecular Hbond substituents is 1. The number of primary amides is 1. The van der Waals surface area contributed by atoms with E-state index >= 15 is 0 Å². The van der Waals surface area contributed by atoms with E-state index in [1.165, 1.54) is 45.4 Å². The number of carboxylic acid groups (broad SMARTS) is 2. The van der Waals surface area contributed by atoms with Gasteiger partial charge in [-0.05, 0) is 76.0 Å². The van der Waals surface area contributed by atoms with E-state index in [-0.39, 0.29) is 56.3 Å². The number of aliphatic carboxylic acids is 2. The highest BCUT2D eigenvalue weighted by atomic mass is 16.4. The van der Waals surface area contributed by atoms with Gasteiger partial charge in [-0.1, -0.05) is 39.8 Å². The number of carboxylic acids is 2. The van der Waals surface area contributed by atoms with Crippen LogP contribution >= 0.6 is 0 Å². The van der Waals surface area contributed by atoms with Crippen LogP contribution in [0.25, 0.3) is 0 Å². The van der Waals surface area contributed by atoms with Crippen LogP contribution in [0.4, 0.5) is 0 Å². The molecule has 442 valence electrons. The summed E-state index contributed by atoms with van der Waals surface area (Å²) in [5, 5.41) is 50.4. The number of amides is 10. The lowest BCUT2D eigenvalue weighted by Crippen LogP contribution is -2.61. The third-order valence-corrected chi connectivity index (χ3v) is 11.8. The molecule has 31 nitrogen and oxygen atoms in total. The number of benzene rings is 1. The Bertz CT molecular complexity index is 2520. The first-order valence-corrected chi connectivity index (χ1v) is 25.4. The van der Waals surface area contributed by atoms with E-state index in [2.05, 4.69) is 62.8 Å². The van der Waals surface area contributed by atoms with Gasteiger partial charge in [-0.25, -0.2) is 9.78 Å². The van der Waals surface area contributed by atoms with Crippen molar-refractivity contribution in [1.82, 2.24) is 57.8 Å². The summed E-state index contributed by atoms with van der Waals surface area (Å²) in [7, 11) is 0. The van der Waals surface area contributed by atoms with Crippen molar-refractivity contribution in [2.45, 2.75) is 154 Å². The van der Waals surface area contributed by atoms with Gasteiger partial charge in [0.1, 0.15) is 60.1 Å². The van der Waals surface area contributed by atoms with Crippen LogP contribution in [0.15, 0.2) is 41.8 Å². The van der Waals surface area contributed by atoms with Crippen LogP contribution in [0, 0.1) is 11.8 Å². The van der Waals surface area contributed by atoms with Crippen molar-refractivity contribution in [3.63, 3.8) is 0 Å². The van der Waals surface area contributed by atoms with Gasteiger partial charge >= 0.3 is 11.9 Å². The maximum Gasteiger partial charge on any atom is 0.326 e. The number of aliphatic imine (C=N–C) groups is 1. The number of aromatic nitrogens is 2. The van der Waals surface area contributed by atoms with E-state index in [0.717, 1.165) is 0 Å². The largest absolute Gasteiger partial charge is 0.508 e. The van der Waals surface area contributed by atoms with Gasteiger partial charge in [0.15, 0.2) is 5.96 Å². The molecule has 0 aliphatic rings. The lowest BCUT2D eigenvalue weighted by atomic mass is 10.00. The van der Waals surface area contributed by atoms with Gasteiger partial charge in [-0.15, -0.1) is 0 Å². The molecule has 0 saturated carbocycles. The van der Waals surface area contributed by atoms with Crippen molar-refractivity contribution in [1.29, 1.82) is 0 Å². The molecule has 1 aromatic carbocycles. The summed E-state index contributed by atoms with van der Waals surface area (Å²) in [4.78, 5) is 167. The summed E-state index contributed by atoms with van der Waals surface area (Å²) in [5.74, 6) is -13.7. The standard InChI is InChI=1S/C49H76N16O15/c1-22(2)15-32(44(75)59-25(6)40(71)57-24(5)39(70)58-26(7)41(72)64-35(48(79)80)18-36(51)67)61-46(77)34(19-37(68)69)62-43(74)31(9-8-14-55-49(52)53)60-45(76)33(17-28-20-54-21-56-28)63-47(78)38(23(3)4)65-42(73)30(50)16-27-10-12-29(66)13-11-27/h10-13,20-26,30-35,38,66H,8-9,14-19,50H2,1-7H3,(H2,51,67)(H,54,56)(H,57,71)(H,58,70)(H,59,75)(H,60,76)(H,61,77)(H,62,74)(H,63,78)(H,64,72)(H,65,73)(H,68,69)(H,79,80)(H4,52,53,55)/t24-,25-,26-,30-,31-,32-,33-,34-,35-,38-/m0/s1. The Balaban J connectivity index is 2.31. The number of guanidine groups is 1. The van der Waals surface area contributed by atoms with Crippen LogP contribution in [-0.4, -0.2) is 169 Å².